The van der Waals surface area contributed by atoms with Gasteiger partial charge in [-0.1, -0.05) is 11.6 Å². The molecule has 2 aromatic carbocycles. The summed E-state index contributed by atoms with van der Waals surface area (Å²) in [6, 6.07) is 11.6. The molecule has 0 spiro atoms. The third-order valence-electron chi connectivity index (χ3n) is 4.14. The number of halogens is 2. The molecule has 1 fully saturated rings. The molecular weight excluding hydrogens is 464 g/mol. The molecule has 1 atom stereocenters. The third kappa shape index (κ3) is 6.62. The number of rotatable bonds is 7. The Balaban J connectivity index is 1.40. The van der Waals surface area contributed by atoms with E-state index < -0.39 is 11.8 Å². The maximum absolute atomic E-state index is 12.1. The van der Waals surface area contributed by atoms with Crippen LogP contribution in [0.3, 0.4) is 0 Å². The molecule has 2 N–H and O–H groups in total. The zero-order valence-corrected chi connectivity index (χ0v) is 17.8. The predicted molar refractivity (Wildman–Crippen MR) is 111 cm³/mol. The number of amides is 2. The number of carbonyl (C=O) groups excluding carboxylic acids is 2. The van der Waals surface area contributed by atoms with Gasteiger partial charge in [0.15, 0.2) is 6.61 Å². The Hall–Kier alpha value is -2.29. The molecule has 9 heteroatoms. The molecule has 1 aliphatic rings. The van der Waals surface area contributed by atoms with E-state index in [0.29, 0.717) is 33.2 Å². The highest BCUT2D eigenvalue weighted by molar-refractivity contribution is 9.10. The molecule has 1 aliphatic heterocycles. The average Bonchev–Trinajstić information content (AvgIpc) is 3.24. The smallest absolute Gasteiger partial charge is 0.276 e. The Labute approximate surface area is 181 Å². The largest absolute Gasteiger partial charge is 0.491 e. The van der Waals surface area contributed by atoms with Crippen LogP contribution in [-0.2, 0) is 9.53 Å². The standard InChI is InChI=1S/C20H20BrClN2O5/c21-17-10-14(22)5-8-18(17)29-12-19(25)23-24-20(26)13-3-6-15(7-4-13)28-11-16-2-1-9-27-16/h3-8,10,16H,1-2,9,11-12H2,(H,23,25)(H,24,26). The summed E-state index contributed by atoms with van der Waals surface area (Å²) < 4.78 is 17.2. The van der Waals surface area contributed by atoms with Gasteiger partial charge in [0, 0.05) is 17.2 Å². The Bertz CT molecular complexity index is 856. The van der Waals surface area contributed by atoms with Crippen molar-refractivity contribution >= 4 is 39.3 Å². The minimum atomic E-state index is -0.503. The molecule has 0 aliphatic carbocycles. The Kier molecular flexibility index (Phi) is 7.74. The SMILES string of the molecule is O=C(COc1ccc(Cl)cc1Br)NNC(=O)c1ccc(OCC2CCCO2)cc1. The molecule has 7 nitrogen and oxygen atoms in total. The molecule has 0 bridgehead atoms. The van der Waals surface area contributed by atoms with Gasteiger partial charge in [-0.2, -0.15) is 0 Å². The molecule has 3 rings (SSSR count). The number of hydrogen-bond acceptors (Lipinski definition) is 5. The Morgan fingerprint density at radius 1 is 1.14 bits per heavy atom. The monoisotopic (exact) mass is 482 g/mol. The molecule has 0 aromatic heterocycles. The summed E-state index contributed by atoms with van der Waals surface area (Å²) in [5, 5.41) is 0.546. The normalized spacial score (nSPS) is 15.6. The maximum atomic E-state index is 12.1. The second-order valence-corrected chi connectivity index (χ2v) is 7.63. The van der Waals surface area contributed by atoms with Crippen molar-refractivity contribution in [2.24, 2.45) is 0 Å². The number of benzene rings is 2. The van der Waals surface area contributed by atoms with Crippen molar-refractivity contribution in [3.63, 3.8) is 0 Å². The van der Waals surface area contributed by atoms with Gasteiger partial charge in [-0.05, 0) is 71.2 Å². The molecule has 1 saturated heterocycles. The molecule has 154 valence electrons. The number of hydrogen-bond donors (Lipinski definition) is 2. The van der Waals surface area contributed by atoms with E-state index in [0.717, 1.165) is 19.4 Å². The minimum absolute atomic E-state index is 0.129. The summed E-state index contributed by atoms with van der Waals surface area (Å²) in [5.74, 6) is 0.172. The van der Waals surface area contributed by atoms with Crippen LogP contribution >= 0.6 is 27.5 Å². The fraction of sp³-hybridized carbons (Fsp3) is 0.300. The molecule has 2 aromatic rings. The van der Waals surface area contributed by atoms with Gasteiger partial charge in [0.1, 0.15) is 18.1 Å². The maximum Gasteiger partial charge on any atom is 0.276 e. The highest BCUT2D eigenvalue weighted by Crippen LogP contribution is 2.27. The van der Waals surface area contributed by atoms with Crippen molar-refractivity contribution in [3.8, 4) is 11.5 Å². The number of hydrazine groups is 1. The van der Waals surface area contributed by atoms with Gasteiger partial charge in [0.25, 0.3) is 11.8 Å². The van der Waals surface area contributed by atoms with Crippen molar-refractivity contribution in [1.29, 1.82) is 0 Å². The van der Waals surface area contributed by atoms with E-state index in [-0.39, 0.29) is 12.7 Å². The average molecular weight is 484 g/mol. The summed E-state index contributed by atoms with van der Waals surface area (Å²) in [4.78, 5) is 24.0. The van der Waals surface area contributed by atoms with Crippen LogP contribution in [0.2, 0.25) is 5.02 Å². The van der Waals surface area contributed by atoms with Crippen LogP contribution in [0.25, 0.3) is 0 Å². The number of carbonyl (C=O) groups is 2. The predicted octanol–water partition coefficient (Wildman–Crippen LogP) is 3.50. The molecular formula is C20H20BrClN2O5. The lowest BCUT2D eigenvalue weighted by atomic mass is 10.2. The summed E-state index contributed by atoms with van der Waals surface area (Å²) in [7, 11) is 0. The first-order chi connectivity index (χ1) is 14.0. The zero-order valence-electron chi connectivity index (χ0n) is 15.5. The first-order valence-electron chi connectivity index (χ1n) is 9.03. The fourth-order valence-electron chi connectivity index (χ4n) is 2.64. The molecule has 0 radical (unpaired) electrons. The molecule has 1 unspecified atom stereocenters. The van der Waals surface area contributed by atoms with Gasteiger partial charge in [0.2, 0.25) is 0 Å². The van der Waals surface area contributed by atoms with E-state index in [4.69, 9.17) is 25.8 Å². The van der Waals surface area contributed by atoms with Crippen molar-refractivity contribution in [2.75, 3.05) is 19.8 Å². The molecule has 2 amide bonds. The van der Waals surface area contributed by atoms with Crippen LogP contribution in [0.1, 0.15) is 23.2 Å². The molecule has 1 heterocycles. The third-order valence-corrected chi connectivity index (χ3v) is 5.00. The van der Waals surface area contributed by atoms with Crippen LogP contribution < -0.4 is 20.3 Å². The molecule has 0 saturated carbocycles. The van der Waals surface area contributed by atoms with E-state index in [1.807, 2.05) is 0 Å². The second kappa shape index (κ2) is 10.5. The van der Waals surface area contributed by atoms with E-state index in [2.05, 4.69) is 26.8 Å². The van der Waals surface area contributed by atoms with Crippen LogP contribution in [-0.4, -0.2) is 37.7 Å². The highest BCUT2D eigenvalue weighted by atomic mass is 79.9. The van der Waals surface area contributed by atoms with E-state index >= 15 is 0 Å². The summed E-state index contributed by atoms with van der Waals surface area (Å²) in [6.45, 7) is 1.00. The fourth-order valence-corrected chi connectivity index (χ4v) is 3.43. The highest BCUT2D eigenvalue weighted by Gasteiger charge is 2.16. The van der Waals surface area contributed by atoms with Crippen LogP contribution in [0.15, 0.2) is 46.9 Å². The van der Waals surface area contributed by atoms with Crippen LogP contribution in [0.4, 0.5) is 0 Å². The second-order valence-electron chi connectivity index (χ2n) is 6.34. The first kappa shape index (κ1) is 21.4. The van der Waals surface area contributed by atoms with E-state index in [1.165, 1.54) is 0 Å². The summed E-state index contributed by atoms with van der Waals surface area (Å²) in [6.07, 6.45) is 2.18. The quantitative estimate of drug-likeness (QED) is 0.589. The van der Waals surface area contributed by atoms with Gasteiger partial charge < -0.3 is 14.2 Å². The van der Waals surface area contributed by atoms with Crippen LogP contribution in [0.5, 0.6) is 11.5 Å². The van der Waals surface area contributed by atoms with Gasteiger partial charge in [-0.15, -0.1) is 0 Å². The topological polar surface area (TPSA) is 85.9 Å². The summed E-state index contributed by atoms with van der Waals surface area (Å²) >= 11 is 9.15. The lowest BCUT2D eigenvalue weighted by molar-refractivity contribution is -0.123. The van der Waals surface area contributed by atoms with E-state index in [1.54, 1.807) is 42.5 Å². The van der Waals surface area contributed by atoms with Gasteiger partial charge >= 0.3 is 0 Å². The zero-order chi connectivity index (χ0) is 20.6. The number of nitrogens with one attached hydrogen (secondary N) is 2. The first-order valence-corrected chi connectivity index (χ1v) is 10.2. The van der Waals surface area contributed by atoms with Gasteiger partial charge in [-0.25, -0.2) is 0 Å². The van der Waals surface area contributed by atoms with Crippen LogP contribution in [0, 0.1) is 0 Å². The number of ether oxygens (including phenoxy) is 3. The van der Waals surface area contributed by atoms with Crippen molar-refractivity contribution < 1.29 is 23.8 Å². The van der Waals surface area contributed by atoms with Gasteiger partial charge in [0.05, 0.1) is 10.6 Å². The van der Waals surface area contributed by atoms with E-state index in [9.17, 15) is 9.59 Å². The van der Waals surface area contributed by atoms with Gasteiger partial charge in [-0.3, -0.25) is 20.4 Å². The summed E-state index contributed by atoms with van der Waals surface area (Å²) in [5.41, 5.74) is 5.03. The Morgan fingerprint density at radius 2 is 1.93 bits per heavy atom. The van der Waals surface area contributed by atoms with Crippen molar-refractivity contribution in [2.45, 2.75) is 18.9 Å². The van der Waals surface area contributed by atoms with Crippen molar-refractivity contribution in [1.82, 2.24) is 10.9 Å². The minimum Gasteiger partial charge on any atom is -0.491 e. The molecule has 29 heavy (non-hydrogen) atoms. The Morgan fingerprint density at radius 3 is 2.62 bits per heavy atom. The lowest BCUT2D eigenvalue weighted by Gasteiger charge is -2.12. The lowest BCUT2D eigenvalue weighted by Crippen LogP contribution is -2.43. The van der Waals surface area contributed by atoms with Crippen molar-refractivity contribution in [3.05, 3.63) is 57.5 Å².